The maximum absolute atomic E-state index is 12.4. The first kappa shape index (κ1) is 41.5. The average Bonchev–Trinajstić information content (AvgIpc) is 3.22. The van der Waals surface area contributed by atoms with Gasteiger partial charge in [0.2, 0.25) is 0 Å². The Morgan fingerprint density at radius 1 is 0.404 bits per heavy atom. The van der Waals surface area contributed by atoms with Crippen molar-refractivity contribution >= 4 is 0 Å². The smallest absolute Gasteiger partial charge is 0.124 e. The van der Waals surface area contributed by atoms with Crippen LogP contribution >= 0.6 is 0 Å². The number of nitrogens with zero attached hydrogens (tertiary/aromatic N) is 1. The van der Waals surface area contributed by atoms with Gasteiger partial charge in [-0.3, -0.25) is 4.90 Å². The van der Waals surface area contributed by atoms with Gasteiger partial charge in [0, 0.05) is 57.0 Å². The maximum atomic E-state index is 12.4. The number of phenols is 2. The summed E-state index contributed by atoms with van der Waals surface area (Å²) in [5, 5.41) is 24.8. The third-order valence-electron chi connectivity index (χ3n) is 12.8. The van der Waals surface area contributed by atoms with Crippen LogP contribution in [-0.2, 0) is 34.7 Å². The zero-order valence-corrected chi connectivity index (χ0v) is 35.7. The van der Waals surface area contributed by atoms with E-state index in [2.05, 4.69) is 201 Å². The number of phenolic OH excluding ortho intramolecular Hbond substituents is 2. The molecular formula is C54H63NO2. The van der Waals surface area contributed by atoms with Crippen molar-refractivity contribution in [3.05, 3.63) is 201 Å². The Morgan fingerprint density at radius 2 is 0.702 bits per heavy atom. The zero-order chi connectivity index (χ0) is 41.0. The Hall–Kier alpha value is -5.12. The van der Waals surface area contributed by atoms with Gasteiger partial charge in [0.15, 0.2) is 0 Å². The van der Waals surface area contributed by atoms with Gasteiger partial charge in [-0.2, -0.15) is 0 Å². The summed E-state index contributed by atoms with van der Waals surface area (Å²) in [7, 11) is 0. The average molecular weight is 758 g/mol. The second kappa shape index (κ2) is 16.8. The molecule has 2 N–H and O–H groups in total. The van der Waals surface area contributed by atoms with Gasteiger partial charge in [-0.25, -0.2) is 0 Å². The van der Waals surface area contributed by atoms with E-state index in [0.29, 0.717) is 24.6 Å². The summed E-state index contributed by atoms with van der Waals surface area (Å²) in [4.78, 5) is 2.42. The molecule has 57 heavy (non-hydrogen) atoms. The summed E-state index contributed by atoms with van der Waals surface area (Å²) in [5.41, 5.74) is 9.19. The highest BCUT2D eigenvalue weighted by Crippen LogP contribution is 2.45. The van der Waals surface area contributed by atoms with Gasteiger partial charge < -0.3 is 10.2 Å². The van der Waals surface area contributed by atoms with Gasteiger partial charge in [-0.05, 0) is 58.5 Å². The molecular weight excluding hydrogens is 695 g/mol. The highest BCUT2D eigenvalue weighted by atomic mass is 16.3. The van der Waals surface area contributed by atoms with Crippen LogP contribution in [0.5, 0.6) is 11.5 Å². The first-order valence-corrected chi connectivity index (χ1v) is 20.8. The fourth-order valence-corrected chi connectivity index (χ4v) is 8.45. The summed E-state index contributed by atoms with van der Waals surface area (Å²) in [5.74, 6) is 0.680. The molecule has 0 aliphatic carbocycles. The second-order valence-electron chi connectivity index (χ2n) is 18.1. The van der Waals surface area contributed by atoms with Crippen LogP contribution in [0.3, 0.4) is 0 Å². The molecule has 0 amide bonds. The van der Waals surface area contributed by atoms with E-state index < -0.39 is 10.8 Å². The lowest BCUT2D eigenvalue weighted by atomic mass is 9.72. The van der Waals surface area contributed by atoms with E-state index in [1.807, 2.05) is 12.1 Å². The highest BCUT2D eigenvalue weighted by Gasteiger charge is 2.34. The Balaban J connectivity index is 1.50. The van der Waals surface area contributed by atoms with Crippen molar-refractivity contribution in [1.82, 2.24) is 4.90 Å². The van der Waals surface area contributed by atoms with E-state index in [4.69, 9.17) is 0 Å². The molecule has 0 heterocycles. The van der Waals surface area contributed by atoms with Gasteiger partial charge in [0.05, 0.1) is 0 Å². The van der Waals surface area contributed by atoms with Crippen LogP contribution in [0.2, 0.25) is 0 Å². The largest absolute Gasteiger partial charge is 0.507 e. The lowest BCUT2D eigenvalue weighted by Crippen LogP contribution is -2.28. The van der Waals surface area contributed by atoms with Crippen LogP contribution in [0.1, 0.15) is 131 Å². The number of unbranched alkanes of at least 4 members (excludes halogenated alkanes) is 1. The normalized spacial score (nSPS) is 12.6. The molecule has 6 aromatic carbocycles. The van der Waals surface area contributed by atoms with Crippen molar-refractivity contribution in [2.24, 2.45) is 0 Å². The minimum Gasteiger partial charge on any atom is -0.507 e. The number of hydrogen-bond acceptors (Lipinski definition) is 3. The molecule has 0 saturated heterocycles. The zero-order valence-electron chi connectivity index (χ0n) is 35.7. The summed E-state index contributed by atoms with van der Waals surface area (Å²) < 4.78 is 0. The van der Waals surface area contributed by atoms with Gasteiger partial charge in [-0.15, -0.1) is 0 Å². The Morgan fingerprint density at radius 3 is 1.00 bits per heavy atom. The monoisotopic (exact) mass is 757 g/mol. The van der Waals surface area contributed by atoms with Crippen molar-refractivity contribution in [3.63, 3.8) is 0 Å². The molecule has 0 spiro atoms. The second-order valence-corrected chi connectivity index (χ2v) is 18.1. The summed E-state index contributed by atoms with van der Waals surface area (Å²) in [6.07, 6.45) is 2.03. The standard InChI is InChI=1S/C54H63NO2/c1-10-11-32-55(37-39-33-45(51(2,3)41-24-16-12-17-25-41)35-47(49(39)56)53(6,7)43-28-20-14-21-29-43)38-40-34-46(52(4,5)42-26-18-13-19-27-42)36-48(50(40)57)54(8,9)44-30-22-15-23-31-44/h12-31,33-36,56-57H,10-11,32,37-38H2,1-9H3. The summed E-state index contributed by atoms with van der Waals surface area (Å²) in [6, 6.07) is 51.3. The van der Waals surface area contributed by atoms with Crippen molar-refractivity contribution < 1.29 is 10.2 Å². The topological polar surface area (TPSA) is 43.7 Å². The Kier molecular flexibility index (Phi) is 12.2. The van der Waals surface area contributed by atoms with Crippen LogP contribution in [0.15, 0.2) is 146 Å². The molecule has 0 aliphatic heterocycles. The molecule has 6 aromatic rings. The van der Waals surface area contributed by atoms with Gasteiger partial charge in [0.1, 0.15) is 11.5 Å². The summed E-state index contributed by atoms with van der Waals surface area (Å²) >= 11 is 0. The van der Waals surface area contributed by atoms with Crippen LogP contribution in [0.25, 0.3) is 0 Å². The quantitative estimate of drug-likeness (QED) is 0.110. The van der Waals surface area contributed by atoms with Crippen molar-refractivity contribution in [2.45, 2.75) is 110 Å². The molecule has 0 fully saturated rings. The number of hydrogen-bond donors (Lipinski definition) is 2. The van der Waals surface area contributed by atoms with Crippen molar-refractivity contribution in [3.8, 4) is 11.5 Å². The molecule has 0 unspecified atom stereocenters. The Bertz CT molecular complexity index is 2080. The van der Waals surface area contributed by atoms with Crippen LogP contribution < -0.4 is 0 Å². The highest BCUT2D eigenvalue weighted by molar-refractivity contribution is 5.56. The molecule has 3 heteroatoms. The molecule has 0 saturated carbocycles. The maximum Gasteiger partial charge on any atom is 0.124 e. The number of rotatable bonds is 15. The van der Waals surface area contributed by atoms with E-state index in [1.54, 1.807) is 0 Å². The lowest BCUT2D eigenvalue weighted by molar-refractivity contribution is 0.244. The minimum absolute atomic E-state index is 0.312. The van der Waals surface area contributed by atoms with E-state index >= 15 is 0 Å². The minimum atomic E-state index is -0.454. The van der Waals surface area contributed by atoms with Crippen LogP contribution in [0.4, 0.5) is 0 Å². The number of aromatic hydroxyl groups is 2. The third-order valence-corrected chi connectivity index (χ3v) is 12.8. The fourth-order valence-electron chi connectivity index (χ4n) is 8.45. The first-order valence-electron chi connectivity index (χ1n) is 20.8. The predicted molar refractivity (Wildman–Crippen MR) is 240 cm³/mol. The molecule has 296 valence electrons. The third kappa shape index (κ3) is 8.60. The predicted octanol–water partition coefficient (Wildman–Crippen LogP) is 13.2. The Labute approximate surface area is 343 Å². The SMILES string of the molecule is CCCCN(Cc1cc(C(C)(C)c2ccccc2)cc(C(C)(C)c2ccccc2)c1O)Cc1cc(C(C)(C)c2ccccc2)cc(C(C)(C)c2ccccc2)c1O. The first-order chi connectivity index (χ1) is 27.1. The van der Waals surface area contributed by atoms with E-state index in [0.717, 1.165) is 63.9 Å². The summed E-state index contributed by atoms with van der Waals surface area (Å²) in [6.45, 7) is 22.1. The molecule has 0 radical (unpaired) electrons. The molecule has 0 aliphatic rings. The number of benzene rings is 6. The molecule has 6 rings (SSSR count). The van der Waals surface area contributed by atoms with Crippen LogP contribution in [0, 0.1) is 0 Å². The van der Waals surface area contributed by atoms with E-state index in [1.165, 1.54) is 11.1 Å². The van der Waals surface area contributed by atoms with Gasteiger partial charge in [-0.1, -0.05) is 202 Å². The van der Waals surface area contributed by atoms with Gasteiger partial charge >= 0.3 is 0 Å². The molecule has 3 nitrogen and oxygen atoms in total. The van der Waals surface area contributed by atoms with Crippen LogP contribution in [-0.4, -0.2) is 21.7 Å². The van der Waals surface area contributed by atoms with Crippen molar-refractivity contribution in [1.29, 1.82) is 0 Å². The van der Waals surface area contributed by atoms with Crippen molar-refractivity contribution in [2.75, 3.05) is 6.54 Å². The van der Waals surface area contributed by atoms with E-state index in [-0.39, 0.29) is 10.8 Å². The molecule has 0 aromatic heterocycles. The van der Waals surface area contributed by atoms with Gasteiger partial charge in [0.25, 0.3) is 0 Å². The molecule has 0 bridgehead atoms. The lowest BCUT2D eigenvalue weighted by Gasteiger charge is -2.34. The fraction of sp³-hybridized carbons (Fsp3) is 0.333. The molecule has 0 atom stereocenters. The van der Waals surface area contributed by atoms with E-state index in [9.17, 15) is 10.2 Å².